The lowest BCUT2D eigenvalue weighted by molar-refractivity contribution is 0.179. The second kappa shape index (κ2) is 6.31. The van der Waals surface area contributed by atoms with Gasteiger partial charge in [-0.2, -0.15) is 15.0 Å². The Hall–Kier alpha value is -1.67. The van der Waals surface area contributed by atoms with E-state index >= 15 is 0 Å². The lowest BCUT2D eigenvalue weighted by Crippen LogP contribution is -2.24. The summed E-state index contributed by atoms with van der Waals surface area (Å²) in [5.41, 5.74) is 2.40. The number of hydrogen-bond acceptors (Lipinski definition) is 8. The molecule has 0 bridgehead atoms. The maximum absolute atomic E-state index is 9.31. The van der Waals surface area contributed by atoms with Gasteiger partial charge in [-0.05, 0) is 20.3 Å². The summed E-state index contributed by atoms with van der Waals surface area (Å²) in [6.45, 7) is 3.69. The van der Waals surface area contributed by atoms with Crippen LogP contribution in [0.1, 0.15) is 20.3 Å². The van der Waals surface area contributed by atoms with Crippen LogP contribution < -0.4 is 21.5 Å². The molecule has 0 aromatic carbocycles. The van der Waals surface area contributed by atoms with Crippen LogP contribution in [0.3, 0.4) is 0 Å². The van der Waals surface area contributed by atoms with Crippen LogP contribution in [0.5, 0.6) is 0 Å². The fourth-order valence-corrected chi connectivity index (χ4v) is 1.48. The van der Waals surface area contributed by atoms with Crippen LogP contribution in [-0.4, -0.2) is 46.3 Å². The number of nitrogens with two attached hydrogens (primary N) is 1. The van der Waals surface area contributed by atoms with E-state index < -0.39 is 0 Å². The van der Waals surface area contributed by atoms with E-state index in [9.17, 15) is 5.11 Å². The van der Waals surface area contributed by atoms with Crippen molar-refractivity contribution in [3.63, 3.8) is 0 Å². The van der Waals surface area contributed by atoms with E-state index in [1.54, 1.807) is 11.8 Å². The van der Waals surface area contributed by atoms with Crippen LogP contribution in [0.2, 0.25) is 0 Å². The van der Waals surface area contributed by atoms with Gasteiger partial charge in [0.25, 0.3) is 0 Å². The number of aliphatic hydroxyl groups is 1. The van der Waals surface area contributed by atoms with Crippen molar-refractivity contribution >= 4 is 17.8 Å². The van der Waals surface area contributed by atoms with Crippen LogP contribution in [0.4, 0.5) is 17.8 Å². The molecule has 1 rings (SSSR count). The van der Waals surface area contributed by atoms with Gasteiger partial charge in [0.15, 0.2) is 0 Å². The molecule has 0 aliphatic heterocycles. The first kappa shape index (κ1) is 14.4. The number of nitrogens with one attached hydrogen (secondary N) is 2. The molecule has 1 aromatic heterocycles. The van der Waals surface area contributed by atoms with Gasteiger partial charge in [0.1, 0.15) is 0 Å². The maximum atomic E-state index is 9.31. The van der Waals surface area contributed by atoms with Crippen LogP contribution >= 0.6 is 0 Å². The minimum Gasteiger partial charge on any atom is -0.393 e. The smallest absolute Gasteiger partial charge is 0.243 e. The zero-order chi connectivity index (χ0) is 13.7. The third-order valence-electron chi connectivity index (χ3n) is 2.22. The highest BCUT2D eigenvalue weighted by atomic mass is 16.3. The van der Waals surface area contributed by atoms with Crippen molar-refractivity contribution in [1.29, 1.82) is 0 Å². The van der Waals surface area contributed by atoms with E-state index in [4.69, 9.17) is 5.84 Å². The first-order chi connectivity index (χ1) is 8.42. The molecule has 18 heavy (non-hydrogen) atoms. The number of hydrogen-bond donors (Lipinski definition) is 4. The molecule has 2 atom stereocenters. The van der Waals surface area contributed by atoms with Crippen LogP contribution in [0.25, 0.3) is 0 Å². The number of nitrogen functional groups attached to an aromatic ring is 1. The van der Waals surface area contributed by atoms with Crippen LogP contribution in [-0.2, 0) is 0 Å². The summed E-state index contributed by atoms with van der Waals surface area (Å²) in [5, 5.41) is 12.4. The quantitative estimate of drug-likeness (QED) is 0.408. The molecule has 1 heterocycles. The molecule has 1 aromatic rings. The third kappa shape index (κ3) is 4.30. The van der Waals surface area contributed by atoms with Crippen molar-refractivity contribution in [1.82, 2.24) is 15.0 Å². The van der Waals surface area contributed by atoms with Gasteiger partial charge in [0, 0.05) is 20.1 Å². The summed E-state index contributed by atoms with van der Waals surface area (Å²) in [4.78, 5) is 14.2. The van der Waals surface area contributed by atoms with Gasteiger partial charge in [0.05, 0.1) is 6.10 Å². The molecule has 8 nitrogen and oxygen atoms in total. The van der Waals surface area contributed by atoms with Crippen molar-refractivity contribution in [3.05, 3.63) is 0 Å². The largest absolute Gasteiger partial charge is 0.393 e. The Bertz CT molecular complexity index is 382. The van der Waals surface area contributed by atoms with Gasteiger partial charge in [-0.15, -0.1) is 0 Å². The van der Waals surface area contributed by atoms with E-state index in [-0.39, 0.29) is 12.1 Å². The second-order valence-electron chi connectivity index (χ2n) is 4.45. The van der Waals surface area contributed by atoms with E-state index in [2.05, 4.69) is 25.7 Å². The molecule has 0 saturated heterocycles. The monoisotopic (exact) mass is 255 g/mol. The molecule has 0 aliphatic carbocycles. The summed E-state index contributed by atoms with van der Waals surface area (Å²) >= 11 is 0. The van der Waals surface area contributed by atoms with Gasteiger partial charge < -0.3 is 15.3 Å². The molecule has 0 amide bonds. The van der Waals surface area contributed by atoms with E-state index in [0.717, 1.165) is 0 Å². The average molecular weight is 255 g/mol. The van der Waals surface area contributed by atoms with E-state index in [0.29, 0.717) is 24.3 Å². The van der Waals surface area contributed by atoms with E-state index in [1.165, 1.54) is 0 Å². The molecule has 0 saturated carbocycles. The Morgan fingerprint density at radius 2 is 1.83 bits per heavy atom. The minimum absolute atomic E-state index is 0.0491. The number of aromatic nitrogens is 3. The number of nitrogens with zero attached hydrogens (tertiary/aromatic N) is 4. The zero-order valence-electron chi connectivity index (χ0n) is 11.2. The summed E-state index contributed by atoms with van der Waals surface area (Å²) in [7, 11) is 3.66. The predicted molar refractivity (Wildman–Crippen MR) is 71.3 cm³/mol. The van der Waals surface area contributed by atoms with E-state index in [1.807, 2.05) is 21.0 Å². The third-order valence-corrected chi connectivity index (χ3v) is 2.22. The zero-order valence-corrected chi connectivity index (χ0v) is 11.2. The van der Waals surface area contributed by atoms with Gasteiger partial charge in [-0.1, -0.05) is 0 Å². The second-order valence-corrected chi connectivity index (χ2v) is 4.45. The lowest BCUT2D eigenvalue weighted by atomic mass is 10.2. The average Bonchev–Trinajstić information content (AvgIpc) is 2.27. The van der Waals surface area contributed by atoms with Crippen LogP contribution in [0, 0.1) is 0 Å². The molecule has 0 radical (unpaired) electrons. The summed E-state index contributed by atoms with van der Waals surface area (Å²) < 4.78 is 0. The number of hydrazine groups is 1. The highest BCUT2D eigenvalue weighted by molar-refractivity contribution is 5.42. The normalized spacial score (nSPS) is 13.9. The van der Waals surface area contributed by atoms with Crippen molar-refractivity contribution < 1.29 is 5.11 Å². The molecule has 102 valence electrons. The first-order valence-corrected chi connectivity index (χ1v) is 5.77. The Kier molecular flexibility index (Phi) is 5.05. The summed E-state index contributed by atoms with van der Waals surface area (Å²) in [6.07, 6.45) is 0.226. The first-order valence-electron chi connectivity index (χ1n) is 5.77. The van der Waals surface area contributed by atoms with Crippen LogP contribution in [0.15, 0.2) is 0 Å². The molecule has 2 unspecified atom stereocenters. The standard InChI is InChI=1S/C10H21N7O/c1-6(5-7(2)18)12-8-13-9(16-11)15-10(14-8)17(3)4/h6-7,18H,5,11H2,1-4H3,(H2,12,13,14,15,16). The van der Waals surface area contributed by atoms with Gasteiger partial charge in [0.2, 0.25) is 17.8 Å². The molecule has 8 heteroatoms. The molecule has 0 fully saturated rings. The maximum Gasteiger partial charge on any atom is 0.243 e. The molecule has 0 spiro atoms. The number of aliphatic hydroxyl groups excluding tert-OH is 1. The lowest BCUT2D eigenvalue weighted by Gasteiger charge is -2.17. The Balaban J connectivity index is 2.84. The van der Waals surface area contributed by atoms with Crippen molar-refractivity contribution in [3.8, 4) is 0 Å². The molecular weight excluding hydrogens is 234 g/mol. The van der Waals surface area contributed by atoms with Gasteiger partial charge in [-0.3, -0.25) is 5.43 Å². The summed E-state index contributed by atoms with van der Waals surface area (Å²) in [6, 6.07) is 0.0491. The molecule has 0 aliphatic rings. The fourth-order valence-electron chi connectivity index (χ4n) is 1.48. The molecular formula is C10H21N7O. The molecule has 5 N–H and O–H groups in total. The topological polar surface area (TPSA) is 112 Å². The Morgan fingerprint density at radius 1 is 1.22 bits per heavy atom. The number of rotatable bonds is 6. The minimum atomic E-state index is -0.380. The Labute approximate surface area is 107 Å². The van der Waals surface area contributed by atoms with Gasteiger partial charge in [-0.25, -0.2) is 5.84 Å². The fraction of sp³-hybridized carbons (Fsp3) is 0.700. The number of anilines is 3. The van der Waals surface area contributed by atoms with Gasteiger partial charge >= 0.3 is 0 Å². The van der Waals surface area contributed by atoms with Crippen molar-refractivity contribution in [2.75, 3.05) is 29.7 Å². The highest BCUT2D eigenvalue weighted by Crippen LogP contribution is 2.12. The van der Waals surface area contributed by atoms with Crippen molar-refractivity contribution in [2.45, 2.75) is 32.4 Å². The van der Waals surface area contributed by atoms with Crippen molar-refractivity contribution in [2.24, 2.45) is 5.84 Å². The predicted octanol–water partition coefficient (Wildman–Crippen LogP) is -0.205. The Morgan fingerprint density at radius 3 is 2.33 bits per heavy atom. The highest BCUT2D eigenvalue weighted by Gasteiger charge is 2.11. The SMILES string of the molecule is CC(O)CC(C)Nc1nc(NN)nc(N(C)C)n1. The summed E-state index contributed by atoms with van der Waals surface area (Å²) in [5.74, 6) is 6.53.